The highest BCUT2D eigenvalue weighted by Crippen LogP contribution is 2.32. The average Bonchev–Trinajstić information content (AvgIpc) is 2.82. The predicted molar refractivity (Wildman–Crippen MR) is 70.0 cm³/mol. The van der Waals surface area contributed by atoms with Gasteiger partial charge >= 0.3 is 0 Å². The summed E-state index contributed by atoms with van der Waals surface area (Å²) in [4.78, 5) is 0. The van der Waals surface area contributed by atoms with Crippen LogP contribution in [0.3, 0.4) is 0 Å². The molecule has 100 valence electrons. The maximum Gasteiger partial charge on any atom is 0.231 e. The molecule has 2 N–H and O–H groups in total. The summed E-state index contributed by atoms with van der Waals surface area (Å²) in [5, 5.41) is 12.5. The van der Waals surface area contributed by atoms with Crippen LogP contribution >= 0.6 is 0 Å². The second kappa shape index (κ2) is 5.59. The molecule has 1 aliphatic rings. The zero-order valence-corrected chi connectivity index (χ0v) is 11.0. The van der Waals surface area contributed by atoms with Gasteiger partial charge < -0.3 is 19.9 Å². The van der Waals surface area contributed by atoms with Gasteiger partial charge in [0.1, 0.15) is 0 Å². The number of fused-ring (bicyclic) bond motifs is 1. The van der Waals surface area contributed by atoms with Crippen LogP contribution in [0.2, 0.25) is 0 Å². The minimum absolute atomic E-state index is 0.0606. The molecule has 0 aromatic heterocycles. The number of aliphatic hydroxyl groups excluding tert-OH is 1. The van der Waals surface area contributed by atoms with E-state index in [1.54, 1.807) is 0 Å². The first-order chi connectivity index (χ1) is 8.61. The van der Waals surface area contributed by atoms with Crippen LogP contribution in [0.1, 0.15) is 19.4 Å². The van der Waals surface area contributed by atoms with Crippen molar-refractivity contribution >= 4 is 0 Å². The lowest BCUT2D eigenvalue weighted by Gasteiger charge is -2.21. The zero-order chi connectivity index (χ0) is 13.0. The standard InChI is InChI=1S/C14H21NO3/c1-14(2,9-16)8-15-6-5-11-3-4-12-13(7-11)18-10-17-12/h3-4,7,15-16H,5-6,8-10H2,1-2H3. The van der Waals surface area contributed by atoms with E-state index in [4.69, 9.17) is 14.6 Å². The molecule has 4 heteroatoms. The largest absolute Gasteiger partial charge is 0.454 e. The van der Waals surface area contributed by atoms with E-state index in [1.165, 1.54) is 5.56 Å². The third kappa shape index (κ3) is 3.37. The van der Waals surface area contributed by atoms with Gasteiger partial charge in [-0.05, 0) is 30.7 Å². The van der Waals surface area contributed by atoms with Gasteiger partial charge in [0.2, 0.25) is 6.79 Å². The van der Waals surface area contributed by atoms with E-state index in [9.17, 15) is 0 Å². The smallest absolute Gasteiger partial charge is 0.231 e. The van der Waals surface area contributed by atoms with E-state index in [1.807, 2.05) is 26.0 Å². The predicted octanol–water partition coefficient (Wildman–Crippen LogP) is 1.57. The van der Waals surface area contributed by atoms with Gasteiger partial charge in [0.05, 0.1) is 0 Å². The highest BCUT2D eigenvalue weighted by Gasteiger charge is 2.16. The van der Waals surface area contributed by atoms with Gasteiger partial charge in [-0.25, -0.2) is 0 Å². The molecule has 1 aliphatic heterocycles. The first-order valence-corrected chi connectivity index (χ1v) is 6.31. The highest BCUT2D eigenvalue weighted by atomic mass is 16.7. The van der Waals surface area contributed by atoms with Crippen molar-refractivity contribution in [1.82, 2.24) is 5.32 Å². The third-order valence-corrected chi connectivity index (χ3v) is 3.06. The summed E-state index contributed by atoms with van der Waals surface area (Å²) in [5.74, 6) is 1.66. The minimum Gasteiger partial charge on any atom is -0.454 e. The van der Waals surface area contributed by atoms with Crippen molar-refractivity contribution in [2.24, 2.45) is 5.41 Å². The number of benzene rings is 1. The summed E-state index contributed by atoms with van der Waals surface area (Å²) in [6, 6.07) is 6.04. The molecule has 0 aliphatic carbocycles. The van der Waals surface area contributed by atoms with Gasteiger partial charge in [-0.3, -0.25) is 0 Å². The van der Waals surface area contributed by atoms with Gasteiger partial charge in [-0.1, -0.05) is 19.9 Å². The second-order valence-electron chi connectivity index (χ2n) is 5.44. The lowest BCUT2D eigenvalue weighted by Crippen LogP contribution is -2.33. The third-order valence-electron chi connectivity index (χ3n) is 3.06. The molecule has 0 saturated heterocycles. The van der Waals surface area contributed by atoms with Crippen LogP contribution in [-0.4, -0.2) is 31.6 Å². The van der Waals surface area contributed by atoms with E-state index < -0.39 is 0 Å². The Morgan fingerprint density at radius 2 is 2.06 bits per heavy atom. The first-order valence-electron chi connectivity index (χ1n) is 6.31. The van der Waals surface area contributed by atoms with E-state index in [0.717, 1.165) is 31.0 Å². The molecule has 0 unspecified atom stereocenters. The van der Waals surface area contributed by atoms with E-state index in [0.29, 0.717) is 6.79 Å². The summed E-state index contributed by atoms with van der Waals surface area (Å²) in [5.41, 5.74) is 1.17. The van der Waals surface area contributed by atoms with Crippen LogP contribution in [0, 0.1) is 5.41 Å². The molecule has 1 heterocycles. The second-order valence-corrected chi connectivity index (χ2v) is 5.44. The molecule has 0 bridgehead atoms. The minimum atomic E-state index is -0.0606. The lowest BCUT2D eigenvalue weighted by molar-refractivity contribution is 0.157. The quantitative estimate of drug-likeness (QED) is 0.753. The van der Waals surface area contributed by atoms with Crippen LogP contribution in [0.15, 0.2) is 18.2 Å². The lowest BCUT2D eigenvalue weighted by atomic mass is 9.95. The maximum absolute atomic E-state index is 9.15. The number of rotatable bonds is 6. The van der Waals surface area contributed by atoms with Gasteiger partial charge in [-0.2, -0.15) is 0 Å². The Morgan fingerprint density at radius 3 is 2.83 bits per heavy atom. The molecular weight excluding hydrogens is 230 g/mol. The number of ether oxygens (including phenoxy) is 2. The number of hydrogen-bond acceptors (Lipinski definition) is 4. The molecule has 0 fully saturated rings. The summed E-state index contributed by atoms with van der Waals surface area (Å²) in [6.07, 6.45) is 0.943. The molecule has 1 aromatic rings. The van der Waals surface area contributed by atoms with Gasteiger partial charge in [0.25, 0.3) is 0 Å². The Hall–Kier alpha value is -1.26. The van der Waals surface area contributed by atoms with Gasteiger partial charge in [0.15, 0.2) is 11.5 Å². The fourth-order valence-corrected chi connectivity index (χ4v) is 1.81. The summed E-state index contributed by atoms with van der Waals surface area (Å²) >= 11 is 0. The molecule has 0 atom stereocenters. The monoisotopic (exact) mass is 251 g/mol. The fraction of sp³-hybridized carbons (Fsp3) is 0.571. The topological polar surface area (TPSA) is 50.7 Å². The molecule has 2 rings (SSSR count). The van der Waals surface area contributed by atoms with Crippen LogP contribution < -0.4 is 14.8 Å². The van der Waals surface area contributed by atoms with Crippen LogP contribution in [0.5, 0.6) is 11.5 Å². The van der Waals surface area contributed by atoms with Crippen molar-refractivity contribution in [1.29, 1.82) is 0 Å². The Morgan fingerprint density at radius 1 is 1.28 bits per heavy atom. The summed E-state index contributed by atoms with van der Waals surface area (Å²) < 4.78 is 10.6. The maximum atomic E-state index is 9.15. The van der Waals surface area contributed by atoms with Crippen molar-refractivity contribution in [3.63, 3.8) is 0 Å². The fourth-order valence-electron chi connectivity index (χ4n) is 1.81. The van der Waals surface area contributed by atoms with Gasteiger partial charge in [0, 0.05) is 18.6 Å². The summed E-state index contributed by atoms with van der Waals surface area (Å²) in [7, 11) is 0. The molecule has 0 amide bonds. The Labute approximate surface area is 108 Å². The van der Waals surface area contributed by atoms with Crippen LogP contribution in [0.25, 0.3) is 0 Å². The Kier molecular flexibility index (Phi) is 4.09. The SMILES string of the molecule is CC(C)(CO)CNCCc1ccc2c(c1)OCO2. The van der Waals surface area contributed by atoms with Crippen LogP contribution in [-0.2, 0) is 6.42 Å². The number of nitrogens with one attached hydrogen (secondary N) is 1. The Balaban J connectivity index is 1.77. The van der Waals surface area contributed by atoms with Crippen molar-refractivity contribution in [2.75, 3.05) is 26.5 Å². The van der Waals surface area contributed by atoms with Gasteiger partial charge in [-0.15, -0.1) is 0 Å². The Bertz CT molecular complexity index is 404. The van der Waals surface area contributed by atoms with E-state index in [2.05, 4.69) is 11.4 Å². The van der Waals surface area contributed by atoms with Crippen LogP contribution in [0.4, 0.5) is 0 Å². The zero-order valence-electron chi connectivity index (χ0n) is 11.0. The summed E-state index contributed by atoms with van der Waals surface area (Å²) in [6.45, 7) is 6.31. The molecule has 4 nitrogen and oxygen atoms in total. The molecule has 18 heavy (non-hydrogen) atoms. The molecule has 0 spiro atoms. The average molecular weight is 251 g/mol. The molecule has 0 saturated carbocycles. The number of aliphatic hydroxyl groups is 1. The molecule has 1 aromatic carbocycles. The van der Waals surface area contributed by atoms with E-state index in [-0.39, 0.29) is 12.0 Å². The van der Waals surface area contributed by atoms with Crippen molar-refractivity contribution in [3.8, 4) is 11.5 Å². The van der Waals surface area contributed by atoms with Crippen molar-refractivity contribution in [2.45, 2.75) is 20.3 Å². The number of hydrogen-bond donors (Lipinski definition) is 2. The van der Waals surface area contributed by atoms with E-state index >= 15 is 0 Å². The molecular formula is C14H21NO3. The van der Waals surface area contributed by atoms with Crippen molar-refractivity contribution < 1.29 is 14.6 Å². The highest BCUT2D eigenvalue weighted by molar-refractivity contribution is 5.44. The first kappa shape index (κ1) is 13.2. The van der Waals surface area contributed by atoms with Crippen molar-refractivity contribution in [3.05, 3.63) is 23.8 Å². The molecule has 0 radical (unpaired) electrons. The normalized spacial score (nSPS) is 13.9.